The molecular formula is C26H18Cl2N4O2. The number of ether oxygens (including phenoxy) is 1. The second-order valence-electron chi connectivity index (χ2n) is 7.68. The Hall–Kier alpha value is -3.81. The van der Waals surface area contributed by atoms with Gasteiger partial charge in [-0.25, -0.2) is 4.98 Å². The standard InChI is InChI=1S/C26H18Cl2N4O2/c1-32-16-31-14-25(32)26(33,20-6-2-17(12-29)3-7-20)15-34-24-9-4-18(13-30)10-21(24)19-5-8-22(27)23(28)11-19/h2-11,14,16,33H,15H2,1H3. The quantitative estimate of drug-likeness (QED) is 0.389. The van der Waals surface area contributed by atoms with Gasteiger partial charge in [0.15, 0.2) is 5.60 Å². The van der Waals surface area contributed by atoms with Crippen LogP contribution in [0.25, 0.3) is 11.1 Å². The number of nitriles is 2. The lowest BCUT2D eigenvalue weighted by Gasteiger charge is -2.29. The van der Waals surface area contributed by atoms with E-state index >= 15 is 0 Å². The molecule has 6 nitrogen and oxygen atoms in total. The fraction of sp³-hybridized carbons (Fsp3) is 0.115. The third kappa shape index (κ3) is 4.48. The Kier molecular flexibility index (Phi) is 6.58. The van der Waals surface area contributed by atoms with Crippen LogP contribution < -0.4 is 4.74 Å². The lowest BCUT2D eigenvalue weighted by atomic mass is 9.90. The molecule has 1 aromatic heterocycles. The first-order chi connectivity index (χ1) is 16.4. The molecule has 0 saturated heterocycles. The van der Waals surface area contributed by atoms with E-state index in [1.165, 1.54) is 0 Å². The maximum atomic E-state index is 11.8. The summed E-state index contributed by atoms with van der Waals surface area (Å²) in [6.07, 6.45) is 3.16. The van der Waals surface area contributed by atoms with Crippen LogP contribution in [-0.4, -0.2) is 21.3 Å². The van der Waals surface area contributed by atoms with Crippen LogP contribution in [0.3, 0.4) is 0 Å². The van der Waals surface area contributed by atoms with Crippen molar-refractivity contribution in [1.29, 1.82) is 10.5 Å². The van der Waals surface area contributed by atoms with Gasteiger partial charge in [0, 0.05) is 12.6 Å². The molecular weight excluding hydrogens is 471 g/mol. The number of aromatic nitrogens is 2. The van der Waals surface area contributed by atoms with Crippen molar-refractivity contribution in [1.82, 2.24) is 9.55 Å². The maximum Gasteiger partial charge on any atom is 0.165 e. The summed E-state index contributed by atoms with van der Waals surface area (Å²) >= 11 is 12.3. The molecule has 4 aromatic rings. The van der Waals surface area contributed by atoms with Gasteiger partial charge in [-0.1, -0.05) is 41.4 Å². The van der Waals surface area contributed by atoms with E-state index in [0.29, 0.717) is 49.3 Å². The first-order valence-electron chi connectivity index (χ1n) is 10.2. The summed E-state index contributed by atoms with van der Waals surface area (Å²) < 4.78 is 7.88. The second kappa shape index (κ2) is 9.59. The van der Waals surface area contributed by atoms with Gasteiger partial charge >= 0.3 is 0 Å². The maximum absolute atomic E-state index is 11.8. The van der Waals surface area contributed by atoms with E-state index in [1.54, 1.807) is 84.8 Å². The first-order valence-corrected chi connectivity index (χ1v) is 10.9. The minimum Gasteiger partial charge on any atom is -0.489 e. The monoisotopic (exact) mass is 488 g/mol. The predicted molar refractivity (Wildman–Crippen MR) is 129 cm³/mol. The summed E-state index contributed by atoms with van der Waals surface area (Å²) in [5, 5.41) is 31.1. The third-order valence-corrected chi connectivity index (χ3v) is 6.25. The van der Waals surface area contributed by atoms with Crippen LogP contribution >= 0.6 is 23.2 Å². The van der Waals surface area contributed by atoms with Crippen LogP contribution in [0.15, 0.2) is 73.2 Å². The van der Waals surface area contributed by atoms with Crippen LogP contribution in [0.1, 0.15) is 22.4 Å². The molecule has 3 aromatic carbocycles. The summed E-state index contributed by atoms with van der Waals surface area (Å²) in [5.74, 6) is 0.451. The van der Waals surface area contributed by atoms with Crippen LogP contribution in [0.5, 0.6) is 5.75 Å². The summed E-state index contributed by atoms with van der Waals surface area (Å²) in [7, 11) is 1.78. The number of aryl methyl sites for hydroxylation is 1. The highest BCUT2D eigenvalue weighted by Gasteiger charge is 2.36. The number of benzene rings is 3. The summed E-state index contributed by atoms with van der Waals surface area (Å²) in [6.45, 7) is -0.154. The van der Waals surface area contributed by atoms with Crippen molar-refractivity contribution in [2.75, 3.05) is 6.61 Å². The molecule has 1 atom stereocenters. The molecule has 4 rings (SSSR count). The lowest BCUT2D eigenvalue weighted by Crippen LogP contribution is -2.36. The Labute approximate surface area is 206 Å². The molecule has 0 fully saturated rings. The molecule has 0 spiro atoms. The van der Waals surface area contributed by atoms with Gasteiger partial charge in [-0.2, -0.15) is 10.5 Å². The molecule has 168 valence electrons. The number of aliphatic hydroxyl groups is 1. The summed E-state index contributed by atoms with van der Waals surface area (Å²) in [6, 6.07) is 21.0. The first kappa shape index (κ1) is 23.4. The van der Waals surface area contributed by atoms with Gasteiger partial charge in [0.25, 0.3) is 0 Å². The largest absolute Gasteiger partial charge is 0.489 e. The van der Waals surface area contributed by atoms with E-state index < -0.39 is 5.60 Å². The molecule has 0 saturated carbocycles. The zero-order valence-electron chi connectivity index (χ0n) is 18.0. The summed E-state index contributed by atoms with van der Waals surface area (Å²) in [5.41, 5.74) is 1.76. The van der Waals surface area contributed by atoms with Crippen LogP contribution in [-0.2, 0) is 12.6 Å². The number of imidazole rings is 1. The predicted octanol–water partition coefficient (Wildman–Crippen LogP) is 5.45. The van der Waals surface area contributed by atoms with Gasteiger partial charge in [0.1, 0.15) is 12.4 Å². The smallest absolute Gasteiger partial charge is 0.165 e. The Morgan fingerprint density at radius 1 is 0.971 bits per heavy atom. The van der Waals surface area contributed by atoms with Crippen LogP contribution in [0.4, 0.5) is 0 Å². The van der Waals surface area contributed by atoms with Gasteiger partial charge in [-0.3, -0.25) is 0 Å². The molecule has 1 heterocycles. The fourth-order valence-corrected chi connectivity index (χ4v) is 3.98. The van der Waals surface area contributed by atoms with Crippen molar-refractivity contribution in [2.24, 2.45) is 7.05 Å². The molecule has 0 radical (unpaired) electrons. The second-order valence-corrected chi connectivity index (χ2v) is 8.49. The fourth-order valence-electron chi connectivity index (χ4n) is 3.68. The van der Waals surface area contributed by atoms with Crippen LogP contribution in [0.2, 0.25) is 10.0 Å². The normalized spacial score (nSPS) is 12.4. The van der Waals surface area contributed by atoms with Crippen molar-refractivity contribution >= 4 is 23.2 Å². The average Bonchev–Trinajstić information content (AvgIpc) is 3.30. The molecule has 34 heavy (non-hydrogen) atoms. The minimum atomic E-state index is -1.57. The molecule has 0 amide bonds. The van der Waals surface area contributed by atoms with Crippen molar-refractivity contribution in [3.8, 4) is 29.0 Å². The van der Waals surface area contributed by atoms with Crippen molar-refractivity contribution in [3.63, 3.8) is 0 Å². The van der Waals surface area contributed by atoms with E-state index in [9.17, 15) is 10.4 Å². The number of halogens is 2. The Balaban J connectivity index is 1.76. The van der Waals surface area contributed by atoms with Gasteiger partial charge < -0.3 is 14.4 Å². The van der Waals surface area contributed by atoms with Crippen molar-refractivity contribution < 1.29 is 9.84 Å². The van der Waals surface area contributed by atoms with Crippen molar-refractivity contribution in [3.05, 3.63) is 106 Å². The van der Waals surface area contributed by atoms with E-state index in [2.05, 4.69) is 17.1 Å². The van der Waals surface area contributed by atoms with Crippen molar-refractivity contribution in [2.45, 2.75) is 5.60 Å². The molecule has 0 aliphatic heterocycles. The Morgan fingerprint density at radius 3 is 2.29 bits per heavy atom. The topological polar surface area (TPSA) is 94.9 Å². The van der Waals surface area contributed by atoms with Gasteiger partial charge in [-0.05, 0) is 53.6 Å². The molecule has 1 unspecified atom stereocenters. The average molecular weight is 489 g/mol. The van der Waals surface area contributed by atoms with Gasteiger partial charge in [0.2, 0.25) is 0 Å². The van der Waals surface area contributed by atoms with Crippen LogP contribution in [0, 0.1) is 22.7 Å². The minimum absolute atomic E-state index is 0.154. The lowest BCUT2D eigenvalue weighted by molar-refractivity contribution is 0.0218. The SMILES string of the molecule is Cn1cncc1C(O)(COc1ccc(C#N)cc1-c1ccc(Cl)c(Cl)c1)c1ccc(C#N)cc1. The zero-order valence-corrected chi connectivity index (χ0v) is 19.5. The highest BCUT2D eigenvalue weighted by Crippen LogP contribution is 2.37. The molecule has 0 bridgehead atoms. The molecule has 0 aliphatic carbocycles. The molecule has 0 aliphatic rings. The van der Waals surface area contributed by atoms with Gasteiger partial charge in [0.05, 0.1) is 51.5 Å². The zero-order chi connectivity index (χ0) is 24.3. The highest BCUT2D eigenvalue weighted by atomic mass is 35.5. The van der Waals surface area contributed by atoms with E-state index in [0.717, 1.165) is 0 Å². The third-order valence-electron chi connectivity index (χ3n) is 5.51. The Morgan fingerprint density at radius 2 is 1.68 bits per heavy atom. The number of hydrogen-bond donors (Lipinski definition) is 1. The van der Waals surface area contributed by atoms with E-state index in [4.69, 9.17) is 33.2 Å². The summed E-state index contributed by atoms with van der Waals surface area (Å²) in [4.78, 5) is 4.14. The Bertz CT molecular complexity index is 1430. The highest BCUT2D eigenvalue weighted by molar-refractivity contribution is 6.42. The molecule has 1 N–H and O–H groups in total. The number of nitrogens with zero attached hydrogens (tertiary/aromatic N) is 4. The van der Waals surface area contributed by atoms with Gasteiger partial charge in [-0.15, -0.1) is 0 Å². The molecule has 8 heteroatoms. The van der Waals surface area contributed by atoms with E-state index in [1.807, 2.05) is 0 Å². The number of hydrogen-bond acceptors (Lipinski definition) is 5. The van der Waals surface area contributed by atoms with E-state index in [-0.39, 0.29) is 6.61 Å². The number of rotatable bonds is 6.